The second-order valence-corrected chi connectivity index (χ2v) is 10.3. The predicted octanol–water partition coefficient (Wildman–Crippen LogP) is 4.33. The van der Waals surface area contributed by atoms with Crippen molar-refractivity contribution in [3.8, 4) is 5.75 Å². The van der Waals surface area contributed by atoms with E-state index in [-0.39, 0.29) is 18.0 Å². The lowest BCUT2D eigenvalue weighted by Crippen LogP contribution is -2.52. The Kier molecular flexibility index (Phi) is 5.63. The van der Waals surface area contributed by atoms with Gasteiger partial charge < -0.3 is 19.5 Å². The monoisotopic (exact) mass is 452 g/mol. The Labute approximate surface area is 196 Å². The number of nitrogens with zero attached hydrogens (tertiary/aromatic N) is 3. The van der Waals surface area contributed by atoms with Gasteiger partial charge in [0.2, 0.25) is 0 Å². The molecule has 3 amide bonds. The number of nitrogens with one attached hydrogen (secondary N) is 1. The average molecular weight is 453 g/mol. The van der Waals surface area contributed by atoms with Gasteiger partial charge in [0, 0.05) is 29.6 Å². The fraction of sp³-hybridized carbons (Fsp3) is 0.615. The zero-order valence-corrected chi connectivity index (χ0v) is 20.3. The van der Waals surface area contributed by atoms with E-state index in [0.717, 1.165) is 59.9 Å². The summed E-state index contributed by atoms with van der Waals surface area (Å²) in [6, 6.07) is 5.70. The maximum atomic E-state index is 13.6. The molecule has 2 aromatic rings. The highest BCUT2D eigenvalue weighted by Gasteiger charge is 2.58. The summed E-state index contributed by atoms with van der Waals surface area (Å²) in [6.07, 6.45) is 3.83. The maximum absolute atomic E-state index is 13.6. The van der Waals surface area contributed by atoms with E-state index in [1.807, 2.05) is 32.9 Å². The molecule has 0 bridgehead atoms. The van der Waals surface area contributed by atoms with E-state index in [1.165, 1.54) is 17.7 Å². The molecule has 4 heterocycles. The zero-order chi connectivity index (χ0) is 23.3. The van der Waals surface area contributed by atoms with Crippen LogP contribution in [0, 0.1) is 5.92 Å². The van der Waals surface area contributed by atoms with E-state index in [0.29, 0.717) is 19.6 Å². The number of ether oxygens (including phenoxy) is 1. The van der Waals surface area contributed by atoms with Gasteiger partial charge in [0.1, 0.15) is 11.3 Å². The molecule has 0 unspecified atom stereocenters. The molecule has 7 heteroatoms. The Morgan fingerprint density at radius 3 is 2.64 bits per heavy atom. The van der Waals surface area contributed by atoms with Crippen molar-refractivity contribution in [1.29, 1.82) is 0 Å². The molecule has 0 spiro atoms. The van der Waals surface area contributed by atoms with Gasteiger partial charge in [-0.2, -0.15) is 0 Å². The number of aromatic nitrogens is 1. The van der Waals surface area contributed by atoms with Gasteiger partial charge in [-0.1, -0.05) is 6.92 Å². The summed E-state index contributed by atoms with van der Waals surface area (Å²) in [5.74, 6) is 1.57. The number of carbonyl (C=O) groups is 2. The van der Waals surface area contributed by atoms with Gasteiger partial charge >= 0.3 is 6.03 Å². The van der Waals surface area contributed by atoms with Gasteiger partial charge in [0.25, 0.3) is 5.91 Å². The van der Waals surface area contributed by atoms with Crippen molar-refractivity contribution in [2.75, 3.05) is 32.8 Å². The first-order valence-electron chi connectivity index (χ1n) is 12.5. The van der Waals surface area contributed by atoms with Crippen LogP contribution in [-0.2, 0) is 11.2 Å². The molecule has 0 radical (unpaired) electrons. The maximum Gasteiger partial charge on any atom is 0.328 e. The van der Waals surface area contributed by atoms with Crippen molar-refractivity contribution >= 4 is 22.8 Å². The summed E-state index contributed by atoms with van der Waals surface area (Å²) in [5, 5.41) is 1.08. The fourth-order valence-electron chi connectivity index (χ4n) is 6.04. The quantitative estimate of drug-likeness (QED) is 0.663. The number of benzene rings is 1. The molecule has 3 aliphatic rings. The average Bonchev–Trinajstić information content (AvgIpc) is 3.24. The van der Waals surface area contributed by atoms with E-state index < -0.39 is 5.54 Å². The number of fused-ring (bicyclic) bond motifs is 4. The number of piperidine rings is 1. The van der Waals surface area contributed by atoms with Crippen molar-refractivity contribution in [2.45, 2.75) is 65.0 Å². The Bertz CT molecular complexity index is 1070. The predicted molar refractivity (Wildman–Crippen MR) is 128 cm³/mol. The Hall–Kier alpha value is -2.54. The molecular formula is C26H36N4O3. The number of rotatable bonds is 6. The molecule has 2 fully saturated rings. The van der Waals surface area contributed by atoms with E-state index in [9.17, 15) is 9.59 Å². The molecule has 1 aromatic carbocycles. The molecule has 178 valence electrons. The van der Waals surface area contributed by atoms with Crippen LogP contribution >= 0.6 is 0 Å². The van der Waals surface area contributed by atoms with Crippen LogP contribution in [0.5, 0.6) is 5.75 Å². The number of hydrogen-bond acceptors (Lipinski definition) is 4. The number of H-pyrrole nitrogens is 1. The first-order chi connectivity index (χ1) is 15.8. The number of hydrogen-bond donors (Lipinski definition) is 1. The molecule has 3 aliphatic heterocycles. The van der Waals surface area contributed by atoms with Crippen LogP contribution in [0.2, 0.25) is 0 Å². The van der Waals surface area contributed by atoms with Crippen LogP contribution in [-0.4, -0.2) is 69.9 Å². The van der Waals surface area contributed by atoms with Crippen molar-refractivity contribution in [2.24, 2.45) is 5.92 Å². The number of aromatic amines is 1. The Morgan fingerprint density at radius 2 is 1.91 bits per heavy atom. The number of urea groups is 1. The summed E-state index contributed by atoms with van der Waals surface area (Å²) in [4.78, 5) is 36.3. The minimum atomic E-state index is -0.846. The fourth-order valence-corrected chi connectivity index (χ4v) is 6.04. The van der Waals surface area contributed by atoms with Gasteiger partial charge in [0.05, 0.1) is 12.6 Å². The van der Waals surface area contributed by atoms with E-state index in [2.05, 4.69) is 22.9 Å². The van der Waals surface area contributed by atoms with Gasteiger partial charge in [-0.05, 0) is 89.3 Å². The Balaban J connectivity index is 1.36. The van der Waals surface area contributed by atoms with Crippen molar-refractivity contribution < 1.29 is 14.3 Å². The third-order valence-corrected chi connectivity index (χ3v) is 7.95. The van der Waals surface area contributed by atoms with Crippen LogP contribution in [0.25, 0.3) is 10.9 Å². The molecule has 5 rings (SSSR count). The van der Waals surface area contributed by atoms with Crippen LogP contribution in [0.3, 0.4) is 0 Å². The lowest BCUT2D eigenvalue weighted by atomic mass is 9.83. The van der Waals surface area contributed by atoms with Gasteiger partial charge in [-0.25, -0.2) is 4.79 Å². The van der Waals surface area contributed by atoms with Crippen LogP contribution in [0.15, 0.2) is 18.2 Å². The molecular weight excluding hydrogens is 416 g/mol. The molecule has 33 heavy (non-hydrogen) atoms. The van der Waals surface area contributed by atoms with Crippen molar-refractivity contribution in [1.82, 2.24) is 19.7 Å². The van der Waals surface area contributed by atoms with Crippen LogP contribution in [0.1, 0.15) is 64.3 Å². The topological polar surface area (TPSA) is 68.9 Å². The highest BCUT2D eigenvalue weighted by molar-refractivity contribution is 6.08. The third-order valence-electron chi connectivity index (χ3n) is 7.95. The minimum absolute atomic E-state index is 0.0624. The molecule has 0 aliphatic carbocycles. The first-order valence-corrected chi connectivity index (χ1v) is 12.5. The standard InChI is InChI=1S/C26H36N4O3/c1-5-33-19-7-8-22-20(15-19)21-16-26(4)24(31)29(25(32)30(26)18(3)23(21)27-22)12-6-11-28-13-9-17(2)10-14-28/h7-8,15,17-18,27H,5-6,9-14,16H2,1-4H3/t18-,26+/m1/s1. The molecule has 2 saturated heterocycles. The lowest BCUT2D eigenvalue weighted by molar-refractivity contribution is -0.133. The van der Waals surface area contributed by atoms with Gasteiger partial charge in [0.15, 0.2) is 0 Å². The second kappa shape index (κ2) is 8.35. The smallest absolute Gasteiger partial charge is 0.328 e. The summed E-state index contributed by atoms with van der Waals surface area (Å²) < 4.78 is 5.71. The van der Waals surface area contributed by atoms with Gasteiger partial charge in [-0.15, -0.1) is 0 Å². The first kappa shape index (κ1) is 22.3. The molecule has 1 N–H and O–H groups in total. The third kappa shape index (κ3) is 3.61. The Morgan fingerprint density at radius 1 is 1.15 bits per heavy atom. The number of amides is 3. The largest absolute Gasteiger partial charge is 0.494 e. The summed E-state index contributed by atoms with van der Waals surface area (Å²) in [7, 11) is 0. The van der Waals surface area contributed by atoms with Crippen molar-refractivity contribution in [3.63, 3.8) is 0 Å². The lowest BCUT2D eigenvalue weighted by Gasteiger charge is -2.40. The van der Waals surface area contributed by atoms with E-state index >= 15 is 0 Å². The van der Waals surface area contributed by atoms with Crippen LogP contribution in [0.4, 0.5) is 4.79 Å². The SMILES string of the molecule is CCOc1ccc2[nH]c3c(c2c1)C[C@@]1(C)C(=O)N(CCCN2CCC(C)CC2)C(=O)N1[C@@H]3C. The number of carbonyl (C=O) groups excluding carboxylic acids is 2. The summed E-state index contributed by atoms with van der Waals surface area (Å²) >= 11 is 0. The molecule has 7 nitrogen and oxygen atoms in total. The van der Waals surface area contributed by atoms with E-state index in [4.69, 9.17) is 4.74 Å². The highest BCUT2D eigenvalue weighted by Crippen LogP contribution is 2.46. The second-order valence-electron chi connectivity index (χ2n) is 10.3. The highest BCUT2D eigenvalue weighted by atomic mass is 16.5. The van der Waals surface area contributed by atoms with E-state index in [1.54, 1.807) is 4.90 Å². The molecule has 2 atom stereocenters. The number of imide groups is 1. The zero-order valence-electron chi connectivity index (χ0n) is 20.3. The van der Waals surface area contributed by atoms with Crippen molar-refractivity contribution in [3.05, 3.63) is 29.5 Å². The summed E-state index contributed by atoms with van der Waals surface area (Å²) in [6.45, 7) is 12.5. The summed E-state index contributed by atoms with van der Waals surface area (Å²) in [5.41, 5.74) is 2.33. The molecule has 0 saturated carbocycles. The minimum Gasteiger partial charge on any atom is -0.494 e. The van der Waals surface area contributed by atoms with Gasteiger partial charge in [-0.3, -0.25) is 9.69 Å². The molecule has 1 aromatic heterocycles. The number of likely N-dealkylation sites (tertiary alicyclic amines) is 1. The van der Waals surface area contributed by atoms with Crippen LogP contribution < -0.4 is 4.74 Å². The normalized spacial score (nSPS) is 26.2.